The second-order valence-corrected chi connectivity index (χ2v) is 15.8. The normalized spacial score (nSPS) is 11.5. The molecule has 0 amide bonds. The Labute approximate surface area is 359 Å². The van der Waals surface area contributed by atoms with Gasteiger partial charge in [-0.25, -0.2) is 4.98 Å². The molecule has 0 spiro atoms. The molecular formula is C58H38N4. The van der Waals surface area contributed by atoms with Crippen LogP contribution in [0.1, 0.15) is 0 Å². The SMILES string of the molecule is c1ccc(N(c2ccc(-c3ccc(-c4ccc5c(c4)c4ccccc4n5-c4ccccc4)cc3)cc2)c2ccc(-c3cnc4c5ccccc5c5ccccc5c4n3)cc2)cc1. The van der Waals surface area contributed by atoms with Gasteiger partial charge in [0.15, 0.2) is 0 Å². The lowest BCUT2D eigenvalue weighted by Crippen LogP contribution is -2.09. The lowest BCUT2D eigenvalue weighted by Gasteiger charge is -2.26. The molecule has 4 nitrogen and oxygen atoms in total. The van der Waals surface area contributed by atoms with Crippen LogP contribution >= 0.6 is 0 Å². The van der Waals surface area contributed by atoms with Gasteiger partial charge in [-0.1, -0.05) is 158 Å². The van der Waals surface area contributed by atoms with E-state index in [2.05, 4.69) is 234 Å². The average Bonchev–Trinajstić information content (AvgIpc) is 3.69. The fourth-order valence-corrected chi connectivity index (χ4v) is 9.23. The molecule has 0 saturated heterocycles. The highest BCUT2D eigenvalue weighted by Gasteiger charge is 2.16. The zero-order chi connectivity index (χ0) is 41.0. The summed E-state index contributed by atoms with van der Waals surface area (Å²) in [6.45, 7) is 0. The van der Waals surface area contributed by atoms with E-state index in [-0.39, 0.29) is 0 Å². The van der Waals surface area contributed by atoms with E-state index in [9.17, 15) is 0 Å². The van der Waals surface area contributed by atoms with E-state index in [1.165, 1.54) is 60.5 Å². The number of hydrogen-bond donors (Lipinski definition) is 0. The van der Waals surface area contributed by atoms with E-state index in [4.69, 9.17) is 9.97 Å². The summed E-state index contributed by atoms with van der Waals surface area (Å²) in [7, 11) is 0. The van der Waals surface area contributed by atoms with Gasteiger partial charge in [0.1, 0.15) is 0 Å². The molecule has 0 aliphatic carbocycles. The van der Waals surface area contributed by atoms with E-state index in [1.807, 2.05) is 6.20 Å². The Morgan fingerprint density at radius 1 is 0.323 bits per heavy atom. The van der Waals surface area contributed by atoms with Crippen molar-refractivity contribution in [3.8, 4) is 39.2 Å². The van der Waals surface area contributed by atoms with Crippen molar-refractivity contribution in [3.05, 3.63) is 231 Å². The molecule has 12 aromatic rings. The second-order valence-electron chi connectivity index (χ2n) is 15.8. The number of rotatable bonds is 7. The molecule has 62 heavy (non-hydrogen) atoms. The lowest BCUT2D eigenvalue weighted by molar-refractivity contribution is 1.18. The molecule has 0 N–H and O–H groups in total. The van der Waals surface area contributed by atoms with Crippen LogP contribution in [0.4, 0.5) is 17.1 Å². The smallest absolute Gasteiger partial charge is 0.0979 e. The predicted octanol–water partition coefficient (Wildman–Crippen LogP) is 15.5. The van der Waals surface area contributed by atoms with Crippen molar-refractivity contribution in [1.29, 1.82) is 0 Å². The Bertz CT molecular complexity index is 3560. The molecule has 0 fully saturated rings. The van der Waals surface area contributed by atoms with Crippen molar-refractivity contribution < 1.29 is 0 Å². The average molecular weight is 791 g/mol. The summed E-state index contributed by atoms with van der Waals surface area (Å²) in [5.41, 5.74) is 15.3. The fourth-order valence-electron chi connectivity index (χ4n) is 9.23. The van der Waals surface area contributed by atoms with Crippen molar-refractivity contribution >= 4 is 71.4 Å². The third-order valence-electron chi connectivity index (χ3n) is 12.2. The topological polar surface area (TPSA) is 34.0 Å². The molecule has 0 saturated carbocycles. The van der Waals surface area contributed by atoms with Gasteiger partial charge in [-0.15, -0.1) is 0 Å². The standard InChI is InChI=1S/C58H38N4/c1-3-13-44(14-4-1)61(47-34-29-42(30-35-47)54-38-59-57-51-20-9-7-17-48(51)49-18-8-10-21-52(49)58(57)60-54)46-32-27-40(28-33-46)39-23-25-41(26-24-39)43-31-36-56-53(37-43)50-19-11-12-22-55(50)62(56)45-15-5-2-6-16-45/h1-38H. The maximum absolute atomic E-state index is 5.23. The van der Waals surface area contributed by atoms with Crippen LogP contribution in [0.5, 0.6) is 0 Å². The summed E-state index contributed by atoms with van der Waals surface area (Å²) in [4.78, 5) is 12.5. The molecule has 0 radical (unpaired) electrons. The minimum absolute atomic E-state index is 0.849. The first-order valence-electron chi connectivity index (χ1n) is 21.1. The first-order chi connectivity index (χ1) is 30.7. The summed E-state index contributed by atoms with van der Waals surface area (Å²) in [6.07, 6.45) is 1.91. The van der Waals surface area contributed by atoms with Gasteiger partial charge in [0, 0.05) is 49.9 Å². The third kappa shape index (κ3) is 6.00. The van der Waals surface area contributed by atoms with E-state index in [1.54, 1.807) is 0 Å². The molecule has 2 aromatic heterocycles. The molecule has 290 valence electrons. The summed E-state index contributed by atoms with van der Waals surface area (Å²) >= 11 is 0. The van der Waals surface area contributed by atoms with Gasteiger partial charge >= 0.3 is 0 Å². The Morgan fingerprint density at radius 3 is 1.42 bits per heavy atom. The van der Waals surface area contributed by atoms with Crippen LogP contribution in [-0.4, -0.2) is 14.5 Å². The number of hydrogen-bond acceptors (Lipinski definition) is 3. The Balaban J connectivity index is 0.845. The zero-order valence-electron chi connectivity index (χ0n) is 33.7. The van der Waals surface area contributed by atoms with Crippen molar-refractivity contribution in [3.63, 3.8) is 0 Å². The lowest BCUT2D eigenvalue weighted by atomic mass is 9.98. The summed E-state index contributed by atoms with van der Waals surface area (Å²) in [5, 5.41) is 7.13. The van der Waals surface area contributed by atoms with Gasteiger partial charge in [0.2, 0.25) is 0 Å². The van der Waals surface area contributed by atoms with Crippen molar-refractivity contribution in [2.75, 3.05) is 4.90 Å². The molecule has 12 rings (SSSR count). The zero-order valence-corrected chi connectivity index (χ0v) is 33.7. The molecular weight excluding hydrogens is 753 g/mol. The molecule has 0 aliphatic rings. The molecule has 2 heterocycles. The number of fused-ring (bicyclic) bond motifs is 9. The Morgan fingerprint density at radius 2 is 0.774 bits per heavy atom. The summed E-state index contributed by atoms with van der Waals surface area (Å²) < 4.78 is 2.36. The summed E-state index contributed by atoms with van der Waals surface area (Å²) in [5.74, 6) is 0. The van der Waals surface area contributed by atoms with Crippen LogP contribution < -0.4 is 4.90 Å². The van der Waals surface area contributed by atoms with Crippen molar-refractivity contribution in [2.45, 2.75) is 0 Å². The van der Waals surface area contributed by atoms with Crippen LogP contribution in [0.2, 0.25) is 0 Å². The van der Waals surface area contributed by atoms with Gasteiger partial charge in [-0.3, -0.25) is 4.98 Å². The van der Waals surface area contributed by atoms with Crippen LogP contribution in [-0.2, 0) is 0 Å². The minimum Gasteiger partial charge on any atom is -0.311 e. The van der Waals surface area contributed by atoms with E-state index < -0.39 is 0 Å². The fraction of sp³-hybridized carbons (Fsp3) is 0. The molecule has 10 aromatic carbocycles. The maximum atomic E-state index is 5.23. The van der Waals surface area contributed by atoms with Crippen LogP contribution in [0.3, 0.4) is 0 Å². The second kappa shape index (κ2) is 14.7. The highest BCUT2D eigenvalue weighted by atomic mass is 15.1. The first kappa shape index (κ1) is 35.6. The molecule has 0 atom stereocenters. The maximum Gasteiger partial charge on any atom is 0.0979 e. The Hall–Kier alpha value is -8.34. The van der Waals surface area contributed by atoms with Gasteiger partial charge in [0.05, 0.1) is 34.0 Å². The minimum atomic E-state index is 0.849. The van der Waals surface area contributed by atoms with Gasteiger partial charge in [-0.2, -0.15) is 0 Å². The van der Waals surface area contributed by atoms with E-state index in [0.29, 0.717) is 0 Å². The largest absolute Gasteiger partial charge is 0.311 e. The molecule has 0 unspecified atom stereocenters. The molecule has 4 heteroatoms. The molecule has 0 aliphatic heterocycles. The number of para-hydroxylation sites is 3. The Kier molecular flexibility index (Phi) is 8.46. The van der Waals surface area contributed by atoms with Crippen molar-refractivity contribution in [2.24, 2.45) is 0 Å². The monoisotopic (exact) mass is 790 g/mol. The van der Waals surface area contributed by atoms with Crippen LogP contribution in [0.15, 0.2) is 231 Å². The van der Waals surface area contributed by atoms with Crippen LogP contribution in [0.25, 0.3) is 93.6 Å². The highest BCUT2D eigenvalue weighted by Crippen LogP contribution is 2.39. The van der Waals surface area contributed by atoms with E-state index in [0.717, 1.165) is 50.1 Å². The first-order valence-corrected chi connectivity index (χ1v) is 21.1. The predicted molar refractivity (Wildman–Crippen MR) is 260 cm³/mol. The van der Waals surface area contributed by atoms with Crippen molar-refractivity contribution in [1.82, 2.24) is 14.5 Å². The van der Waals surface area contributed by atoms with Gasteiger partial charge in [-0.05, 0) is 99.8 Å². The van der Waals surface area contributed by atoms with Crippen LogP contribution in [0, 0.1) is 0 Å². The van der Waals surface area contributed by atoms with E-state index >= 15 is 0 Å². The number of aromatic nitrogens is 3. The number of benzene rings is 10. The summed E-state index contributed by atoms with van der Waals surface area (Å²) in [6, 6.07) is 80.1. The van der Waals surface area contributed by atoms with Gasteiger partial charge < -0.3 is 9.47 Å². The quantitative estimate of drug-likeness (QED) is 0.151. The molecule has 0 bridgehead atoms. The highest BCUT2D eigenvalue weighted by molar-refractivity contribution is 6.23. The van der Waals surface area contributed by atoms with Gasteiger partial charge in [0.25, 0.3) is 0 Å². The number of anilines is 3. The third-order valence-corrected chi connectivity index (χ3v) is 12.2. The number of nitrogens with zero attached hydrogens (tertiary/aromatic N) is 4.